The van der Waals surface area contributed by atoms with Gasteiger partial charge in [-0.2, -0.15) is 4.99 Å². The summed E-state index contributed by atoms with van der Waals surface area (Å²) in [5, 5.41) is 0.813. The molecule has 35 heavy (non-hydrogen) atoms. The molecule has 0 unspecified atom stereocenters. The maximum atomic E-state index is 13.2. The van der Waals surface area contributed by atoms with Crippen molar-refractivity contribution in [1.29, 1.82) is 0 Å². The summed E-state index contributed by atoms with van der Waals surface area (Å²) in [4.78, 5) is 24.8. The highest BCUT2D eigenvalue weighted by molar-refractivity contribution is 8.14. The van der Waals surface area contributed by atoms with Crippen molar-refractivity contribution in [1.82, 2.24) is 4.90 Å². The molecule has 1 fully saturated rings. The van der Waals surface area contributed by atoms with Gasteiger partial charge < -0.3 is 9.47 Å². The molecule has 0 saturated heterocycles. The number of benzene rings is 2. The predicted molar refractivity (Wildman–Crippen MR) is 143 cm³/mol. The lowest BCUT2D eigenvalue weighted by Gasteiger charge is -2.33. The first kappa shape index (κ1) is 23.7. The lowest BCUT2D eigenvalue weighted by atomic mass is 9.84. The normalized spacial score (nSPS) is 19.9. The topological polar surface area (TPSA) is 63.5 Å². The van der Waals surface area contributed by atoms with E-state index in [0.717, 1.165) is 34.2 Å². The monoisotopic (exact) mass is 489 g/mol. The maximum Gasteiger partial charge on any atom is 0.270 e. The van der Waals surface area contributed by atoms with Crippen LogP contribution in [0.4, 0.5) is 5.69 Å². The zero-order valence-corrected chi connectivity index (χ0v) is 21.1. The molecule has 0 bridgehead atoms. The third kappa shape index (κ3) is 5.01. The summed E-state index contributed by atoms with van der Waals surface area (Å²) < 4.78 is 11.0. The van der Waals surface area contributed by atoms with Crippen LogP contribution in [0.15, 0.2) is 58.5 Å². The largest absolute Gasteiger partial charge is 0.493 e. The molecule has 1 amide bonds. The first-order valence-corrected chi connectivity index (χ1v) is 13.3. The number of thioether (sulfide) groups is 1. The number of fused-ring (bicyclic) bond motifs is 3. The molecule has 182 valence electrons. The van der Waals surface area contributed by atoms with Crippen LogP contribution in [-0.2, 0) is 4.79 Å². The molecule has 0 N–H and O–H groups in total. The summed E-state index contributed by atoms with van der Waals surface area (Å²) in [5.74, 6) is 3.13. The molecule has 0 radical (unpaired) electrons. The van der Waals surface area contributed by atoms with Crippen LogP contribution < -0.4 is 9.47 Å². The van der Waals surface area contributed by atoms with E-state index in [2.05, 4.69) is 34.2 Å². The van der Waals surface area contributed by atoms with Crippen LogP contribution in [0.5, 0.6) is 11.5 Å². The molecule has 2 aromatic rings. The van der Waals surface area contributed by atoms with Gasteiger partial charge in [-0.05, 0) is 24.0 Å². The number of ether oxygens (including phenoxy) is 2. The van der Waals surface area contributed by atoms with Crippen molar-refractivity contribution in [3.8, 4) is 11.5 Å². The van der Waals surface area contributed by atoms with E-state index in [1.165, 1.54) is 32.1 Å². The van der Waals surface area contributed by atoms with Gasteiger partial charge in [0.2, 0.25) is 0 Å². The lowest BCUT2D eigenvalue weighted by molar-refractivity contribution is -0.120. The minimum atomic E-state index is -0.293. The smallest absolute Gasteiger partial charge is 0.270 e. The number of amides is 1. The molecule has 0 spiro atoms. The van der Waals surface area contributed by atoms with Crippen LogP contribution in [0.25, 0.3) is 6.08 Å². The highest BCUT2D eigenvalue weighted by Gasteiger charge is 2.43. The Morgan fingerprint density at radius 3 is 2.51 bits per heavy atom. The van der Waals surface area contributed by atoms with Gasteiger partial charge in [-0.1, -0.05) is 86.3 Å². The molecule has 2 aliphatic heterocycles. The second-order valence-electron chi connectivity index (χ2n) is 9.14. The number of methoxy groups -OCH3 is 2. The van der Waals surface area contributed by atoms with Crippen LogP contribution in [0, 0.1) is 5.92 Å². The molecule has 0 aromatic heterocycles. The van der Waals surface area contributed by atoms with Crippen LogP contribution in [-0.4, -0.2) is 47.8 Å². The highest BCUT2D eigenvalue weighted by Crippen LogP contribution is 2.42. The number of amidine groups is 2. The van der Waals surface area contributed by atoms with Crippen LogP contribution >= 0.6 is 11.8 Å². The summed E-state index contributed by atoms with van der Waals surface area (Å²) >= 11 is 1.63. The van der Waals surface area contributed by atoms with Crippen LogP contribution in [0.3, 0.4) is 0 Å². The molecule has 6 nitrogen and oxygen atoms in total. The van der Waals surface area contributed by atoms with Gasteiger partial charge in [0.15, 0.2) is 16.7 Å². The molecule has 5 rings (SSSR count). The van der Waals surface area contributed by atoms with Gasteiger partial charge in [0, 0.05) is 17.4 Å². The maximum absolute atomic E-state index is 13.2. The van der Waals surface area contributed by atoms with E-state index in [0.29, 0.717) is 23.3 Å². The molecule has 2 heterocycles. The Hall–Kier alpha value is -3.06. The second-order valence-corrected chi connectivity index (χ2v) is 10.1. The first-order chi connectivity index (χ1) is 17.2. The van der Waals surface area contributed by atoms with Crippen molar-refractivity contribution in [2.75, 3.05) is 20.0 Å². The Kier molecular flexibility index (Phi) is 7.23. The Bertz CT molecular complexity index is 1170. The highest BCUT2D eigenvalue weighted by atomic mass is 32.2. The number of hydrogen-bond donors (Lipinski definition) is 0. The summed E-state index contributed by atoms with van der Waals surface area (Å²) in [6.07, 6.45) is 11.2. The van der Waals surface area contributed by atoms with Crippen molar-refractivity contribution >= 4 is 40.4 Å². The van der Waals surface area contributed by atoms with Crippen molar-refractivity contribution < 1.29 is 14.3 Å². The van der Waals surface area contributed by atoms with Crippen molar-refractivity contribution in [2.45, 2.75) is 44.6 Å². The Morgan fingerprint density at radius 2 is 1.77 bits per heavy atom. The number of carbonyl (C=O) groups is 1. The quantitative estimate of drug-likeness (QED) is 0.472. The minimum absolute atomic E-state index is 0.0682. The van der Waals surface area contributed by atoms with Crippen molar-refractivity contribution in [3.63, 3.8) is 0 Å². The summed E-state index contributed by atoms with van der Waals surface area (Å²) in [7, 11) is 3.23. The number of nitrogens with zero attached hydrogens (tertiary/aromatic N) is 3. The van der Waals surface area contributed by atoms with E-state index in [1.54, 1.807) is 26.0 Å². The summed E-state index contributed by atoms with van der Waals surface area (Å²) in [6.45, 7) is 0. The lowest BCUT2D eigenvalue weighted by Crippen LogP contribution is -2.44. The number of rotatable bonds is 7. The fourth-order valence-electron chi connectivity index (χ4n) is 5.12. The fraction of sp³-hybridized carbons (Fsp3) is 0.393. The SMILES string of the molecule is COc1cc2c(cc1OC)C1=NC(=O)[C@H](CC3CCCCC3)N1C(SC/C=C/c1ccccc1)=N2. The van der Waals surface area contributed by atoms with Gasteiger partial charge >= 0.3 is 0 Å². The van der Waals surface area contributed by atoms with E-state index in [1.807, 2.05) is 30.3 Å². The average molecular weight is 490 g/mol. The first-order valence-electron chi connectivity index (χ1n) is 12.3. The molecular formula is C28H31N3O3S. The molecular weight excluding hydrogens is 458 g/mol. The molecule has 1 saturated carbocycles. The Labute approximate surface area is 211 Å². The standard InChI is InChI=1S/C28H31N3O3S/c1-33-24-17-21-22(18-25(24)34-2)29-28(35-15-9-14-19-10-5-3-6-11-19)31-23(27(32)30-26(21)31)16-20-12-7-4-8-13-20/h3,5-6,9-11,14,17-18,20,23H,4,7-8,12-13,15-16H2,1-2H3/b14-9+/t23-/m0/s1. The third-order valence-corrected chi connectivity index (χ3v) is 7.81. The second kappa shape index (κ2) is 10.7. The Morgan fingerprint density at radius 1 is 1.03 bits per heavy atom. The Balaban J connectivity index is 1.45. The van der Waals surface area contributed by atoms with Crippen molar-refractivity contribution in [3.05, 3.63) is 59.7 Å². The molecule has 7 heteroatoms. The van der Waals surface area contributed by atoms with E-state index in [4.69, 9.17) is 14.5 Å². The molecule has 2 aromatic carbocycles. The third-order valence-electron chi connectivity index (χ3n) is 6.91. The van der Waals surface area contributed by atoms with Gasteiger partial charge in [0.05, 0.1) is 19.9 Å². The predicted octanol–water partition coefficient (Wildman–Crippen LogP) is 6.08. The molecule has 1 aliphatic carbocycles. The van der Waals surface area contributed by atoms with Gasteiger partial charge in [-0.25, -0.2) is 4.99 Å². The van der Waals surface area contributed by atoms with Crippen LogP contribution in [0.1, 0.15) is 49.7 Å². The van der Waals surface area contributed by atoms with Gasteiger partial charge in [-0.3, -0.25) is 9.69 Å². The zero-order chi connectivity index (χ0) is 24.2. The zero-order valence-electron chi connectivity index (χ0n) is 20.3. The molecule has 1 atom stereocenters. The fourth-order valence-corrected chi connectivity index (χ4v) is 5.98. The number of aliphatic imine (C=N–C) groups is 2. The van der Waals surface area contributed by atoms with Gasteiger partial charge in [0.25, 0.3) is 5.91 Å². The van der Waals surface area contributed by atoms with Crippen molar-refractivity contribution in [2.24, 2.45) is 15.9 Å². The van der Waals surface area contributed by atoms with E-state index in [-0.39, 0.29) is 11.9 Å². The summed E-state index contributed by atoms with van der Waals surface area (Å²) in [5.41, 5.74) is 2.72. The van der Waals surface area contributed by atoms with E-state index >= 15 is 0 Å². The van der Waals surface area contributed by atoms with E-state index in [9.17, 15) is 4.79 Å². The van der Waals surface area contributed by atoms with Gasteiger partial charge in [0.1, 0.15) is 11.9 Å². The number of carbonyl (C=O) groups excluding carboxylic acids is 1. The summed E-state index contributed by atoms with van der Waals surface area (Å²) in [6, 6.07) is 13.7. The minimum Gasteiger partial charge on any atom is -0.493 e. The van der Waals surface area contributed by atoms with E-state index < -0.39 is 0 Å². The van der Waals surface area contributed by atoms with Crippen LogP contribution in [0.2, 0.25) is 0 Å². The molecule has 3 aliphatic rings. The average Bonchev–Trinajstić information content (AvgIpc) is 3.23. The number of hydrogen-bond acceptors (Lipinski definition) is 6. The van der Waals surface area contributed by atoms with Gasteiger partial charge in [-0.15, -0.1) is 0 Å².